The smallest absolute Gasteiger partial charge is 0.313 e. The van der Waals surface area contributed by atoms with E-state index in [1.807, 2.05) is 0 Å². The molecule has 1 aromatic rings. The van der Waals surface area contributed by atoms with Gasteiger partial charge in [0.1, 0.15) is 0 Å². The molecule has 16 heteroatoms. The van der Waals surface area contributed by atoms with Crippen molar-refractivity contribution in [2.75, 3.05) is 7.05 Å². The number of alkyl halides is 15. The second-order valence-corrected chi connectivity index (χ2v) is 6.03. The molecular formula is C15H10F15N. The van der Waals surface area contributed by atoms with Crippen LogP contribution in [0.4, 0.5) is 65.9 Å². The van der Waals surface area contributed by atoms with Gasteiger partial charge in [0.05, 0.1) is 27.8 Å². The third-order valence-electron chi connectivity index (χ3n) is 4.06. The van der Waals surface area contributed by atoms with E-state index in [0.29, 0.717) is 7.05 Å². The summed E-state index contributed by atoms with van der Waals surface area (Å²) in [7, 11) is 0.618. The highest BCUT2D eigenvalue weighted by molar-refractivity contribution is 5.58. The highest BCUT2D eigenvalue weighted by Gasteiger charge is 2.60. The summed E-state index contributed by atoms with van der Waals surface area (Å²) >= 11 is 0. The van der Waals surface area contributed by atoms with Crippen molar-refractivity contribution in [3.63, 3.8) is 0 Å². The molecule has 0 bridgehead atoms. The van der Waals surface area contributed by atoms with Crippen molar-refractivity contribution < 1.29 is 65.9 Å². The van der Waals surface area contributed by atoms with Gasteiger partial charge in [-0.2, -0.15) is 65.9 Å². The lowest BCUT2D eigenvalue weighted by Crippen LogP contribution is -2.35. The average Bonchev–Trinajstić information content (AvgIpc) is 2.49. The number of halogens is 15. The van der Waals surface area contributed by atoms with E-state index in [4.69, 9.17) is 0 Å². The zero-order valence-corrected chi connectivity index (χ0v) is 15.0. The molecule has 0 saturated heterocycles. The number of hydrogen-bond acceptors (Lipinski definition) is 1. The van der Waals surface area contributed by atoms with Crippen molar-refractivity contribution in [2.24, 2.45) is 0 Å². The van der Waals surface area contributed by atoms with E-state index < -0.39 is 76.7 Å². The van der Waals surface area contributed by atoms with E-state index >= 15 is 0 Å². The quantitative estimate of drug-likeness (QED) is 0.435. The Balaban J connectivity index is 4.82. The van der Waals surface area contributed by atoms with Crippen LogP contribution in [-0.4, -0.2) is 7.05 Å². The summed E-state index contributed by atoms with van der Waals surface area (Å²) in [5.74, 6) is 0. The largest absolute Gasteiger partial charge is 0.417 e. The molecule has 0 aliphatic carbocycles. The van der Waals surface area contributed by atoms with Crippen molar-refractivity contribution in [2.45, 2.75) is 50.3 Å². The molecule has 1 aromatic carbocycles. The van der Waals surface area contributed by atoms with Crippen molar-refractivity contribution in [1.82, 2.24) is 5.32 Å². The van der Waals surface area contributed by atoms with E-state index in [2.05, 4.69) is 0 Å². The van der Waals surface area contributed by atoms with Gasteiger partial charge in [0.15, 0.2) is 0 Å². The predicted octanol–water partition coefficient (Wildman–Crippen LogP) is 7.45. The molecule has 0 saturated carbocycles. The fraction of sp³-hybridized carbons (Fsp3) is 0.600. The van der Waals surface area contributed by atoms with E-state index in [-0.39, 0.29) is 0 Å². The lowest BCUT2D eigenvalue weighted by Gasteiger charge is -2.33. The van der Waals surface area contributed by atoms with Gasteiger partial charge in [-0.1, -0.05) is 6.92 Å². The normalized spacial score (nSPS) is 15.4. The molecule has 1 nitrogen and oxygen atoms in total. The van der Waals surface area contributed by atoms with E-state index in [0.717, 1.165) is 6.92 Å². The zero-order valence-electron chi connectivity index (χ0n) is 15.0. The Morgan fingerprint density at radius 1 is 0.516 bits per heavy atom. The molecule has 1 unspecified atom stereocenters. The summed E-state index contributed by atoms with van der Waals surface area (Å²) in [6.07, 6.45) is -34.4. The van der Waals surface area contributed by atoms with Gasteiger partial charge in [-0.15, -0.1) is 0 Å². The molecule has 0 aliphatic heterocycles. The highest BCUT2D eigenvalue weighted by Crippen LogP contribution is 2.57. The van der Waals surface area contributed by atoms with Crippen LogP contribution in [0.5, 0.6) is 0 Å². The standard InChI is InChI=1S/C15H10F15N/c1-3-4(31-2)5-6(11(16,17)18)8(13(22,23)24)10(15(28,29)30)9(14(25,26)27)7(5)12(19,20)21/h4,31H,3H2,1-2H3. The summed E-state index contributed by atoms with van der Waals surface area (Å²) in [4.78, 5) is 0. The summed E-state index contributed by atoms with van der Waals surface area (Å²) in [6, 6.07) is -2.46. The van der Waals surface area contributed by atoms with Crippen LogP contribution >= 0.6 is 0 Å². The number of rotatable bonds is 3. The maximum absolute atomic E-state index is 13.5. The first-order valence-corrected chi connectivity index (χ1v) is 7.78. The second-order valence-electron chi connectivity index (χ2n) is 6.03. The van der Waals surface area contributed by atoms with Gasteiger partial charge in [-0.3, -0.25) is 0 Å². The highest BCUT2D eigenvalue weighted by atomic mass is 19.4. The number of benzene rings is 1. The molecule has 0 radical (unpaired) electrons. The van der Waals surface area contributed by atoms with Crippen molar-refractivity contribution in [1.29, 1.82) is 0 Å². The molecule has 1 atom stereocenters. The molecule has 0 amide bonds. The van der Waals surface area contributed by atoms with Gasteiger partial charge in [0, 0.05) is 6.04 Å². The summed E-state index contributed by atoms with van der Waals surface area (Å²) in [5, 5.41) is 1.69. The topological polar surface area (TPSA) is 12.0 Å². The van der Waals surface area contributed by atoms with Crippen molar-refractivity contribution >= 4 is 0 Å². The third-order valence-corrected chi connectivity index (χ3v) is 4.06. The van der Waals surface area contributed by atoms with Crippen molar-refractivity contribution in [3.05, 3.63) is 33.4 Å². The molecule has 1 N–H and O–H groups in total. The van der Waals surface area contributed by atoms with Crippen LogP contribution in [0, 0.1) is 0 Å². The average molecular weight is 489 g/mol. The number of hydrogen-bond donors (Lipinski definition) is 1. The molecule has 0 heterocycles. The fourth-order valence-electron chi connectivity index (χ4n) is 3.11. The summed E-state index contributed by atoms with van der Waals surface area (Å²) in [6.45, 7) is 0.805. The molecule has 0 spiro atoms. The molecule has 1 rings (SSSR count). The van der Waals surface area contributed by atoms with Gasteiger partial charge < -0.3 is 5.32 Å². The Hall–Kier alpha value is -1.87. The zero-order chi connectivity index (χ0) is 25.0. The summed E-state index contributed by atoms with van der Waals surface area (Å²) in [5.41, 5.74) is -21.5. The Morgan fingerprint density at radius 2 is 0.742 bits per heavy atom. The van der Waals surface area contributed by atoms with Crippen LogP contribution in [0.1, 0.15) is 52.8 Å². The minimum absolute atomic E-state index is 0.618. The lowest BCUT2D eigenvalue weighted by molar-refractivity contribution is -0.189. The van der Waals surface area contributed by atoms with Crippen LogP contribution in [-0.2, 0) is 30.9 Å². The number of nitrogens with one attached hydrogen (secondary N) is 1. The Morgan fingerprint density at radius 3 is 0.903 bits per heavy atom. The maximum atomic E-state index is 13.5. The molecular weight excluding hydrogens is 479 g/mol. The van der Waals surface area contributed by atoms with Crippen LogP contribution in [0.25, 0.3) is 0 Å². The molecule has 180 valence electrons. The molecule has 0 fully saturated rings. The van der Waals surface area contributed by atoms with Crippen LogP contribution in [0.2, 0.25) is 0 Å². The SMILES string of the molecule is CCC(NC)c1c(C(F)(F)F)c(C(F)(F)F)c(C(F)(F)F)c(C(F)(F)F)c1C(F)(F)F. The first-order valence-electron chi connectivity index (χ1n) is 7.78. The van der Waals surface area contributed by atoms with Crippen LogP contribution < -0.4 is 5.32 Å². The fourth-order valence-corrected chi connectivity index (χ4v) is 3.11. The summed E-state index contributed by atoms with van der Waals surface area (Å²) < 4.78 is 201. The van der Waals surface area contributed by atoms with Gasteiger partial charge >= 0.3 is 30.9 Å². The van der Waals surface area contributed by atoms with Crippen LogP contribution in [0.3, 0.4) is 0 Å². The van der Waals surface area contributed by atoms with E-state index in [1.54, 1.807) is 5.32 Å². The van der Waals surface area contributed by atoms with Gasteiger partial charge in [-0.25, -0.2) is 0 Å². The van der Waals surface area contributed by atoms with Gasteiger partial charge in [0.2, 0.25) is 0 Å². The third kappa shape index (κ3) is 5.31. The lowest BCUT2D eigenvalue weighted by atomic mass is 9.81. The van der Waals surface area contributed by atoms with Gasteiger partial charge in [-0.05, 0) is 19.0 Å². The first kappa shape index (κ1) is 27.2. The predicted molar refractivity (Wildman–Crippen MR) is 73.5 cm³/mol. The minimum Gasteiger partial charge on any atom is -0.313 e. The minimum atomic E-state index is -6.88. The second kappa shape index (κ2) is 7.92. The maximum Gasteiger partial charge on any atom is 0.417 e. The van der Waals surface area contributed by atoms with Crippen molar-refractivity contribution in [3.8, 4) is 0 Å². The monoisotopic (exact) mass is 489 g/mol. The Kier molecular flexibility index (Phi) is 6.94. The van der Waals surface area contributed by atoms with Gasteiger partial charge in [0.25, 0.3) is 0 Å². The molecule has 0 aromatic heterocycles. The Bertz CT molecular complexity index is 748. The molecule has 0 aliphatic rings. The van der Waals surface area contributed by atoms with E-state index in [1.165, 1.54) is 0 Å². The first-order chi connectivity index (χ1) is 13.5. The molecule has 31 heavy (non-hydrogen) atoms. The van der Waals surface area contributed by atoms with E-state index in [9.17, 15) is 65.9 Å². The Labute approximate surface area is 163 Å². The van der Waals surface area contributed by atoms with Crippen LogP contribution in [0.15, 0.2) is 0 Å².